The maximum Gasteiger partial charge on any atom is 0.191 e. The maximum atomic E-state index is 11.5. The van der Waals surface area contributed by atoms with E-state index in [0.29, 0.717) is 12.4 Å². The molecule has 8 heteroatoms. The molecule has 1 aliphatic rings. The van der Waals surface area contributed by atoms with E-state index in [2.05, 4.69) is 39.7 Å². The number of sulfone groups is 1. The molecule has 1 saturated heterocycles. The van der Waals surface area contributed by atoms with E-state index in [4.69, 9.17) is 0 Å². The van der Waals surface area contributed by atoms with E-state index in [-0.39, 0.29) is 41.5 Å². The quantitative estimate of drug-likeness (QED) is 0.288. The van der Waals surface area contributed by atoms with Crippen LogP contribution in [-0.4, -0.2) is 59.1 Å². The van der Waals surface area contributed by atoms with Crippen LogP contribution in [0.4, 0.5) is 5.69 Å². The summed E-state index contributed by atoms with van der Waals surface area (Å²) in [5.74, 6) is 1.14. The molecular weight excluding hydrogens is 439 g/mol. The minimum absolute atomic E-state index is 0. The summed E-state index contributed by atoms with van der Waals surface area (Å²) in [7, 11) is 0.910. The number of nitrogens with one attached hydrogen (secondary N) is 2. The molecule has 0 amide bonds. The third-order valence-corrected chi connectivity index (χ3v) is 5.72. The van der Waals surface area contributed by atoms with Crippen molar-refractivity contribution in [3.8, 4) is 0 Å². The zero-order chi connectivity index (χ0) is 16.7. The first-order valence-corrected chi connectivity index (χ1v) is 9.76. The van der Waals surface area contributed by atoms with Crippen LogP contribution in [0.15, 0.2) is 35.3 Å². The van der Waals surface area contributed by atoms with Crippen molar-refractivity contribution in [1.82, 2.24) is 10.6 Å². The monoisotopic (exact) mass is 466 g/mol. The lowest BCUT2D eigenvalue weighted by Gasteiger charge is -2.20. The van der Waals surface area contributed by atoms with Crippen LogP contribution in [0.5, 0.6) is 0 Å². The summed E-state index contributed by atoms with van der Waals surface area (Å²) in [5, 5.41) is 6.44. The third kappa shape index (κ3) is 6.84. The highest BCUT2D eigenvalue weighted by Gasteiger charge is 2.28. The van der Waals surface area contributed by atoms with Crippen LogP contribution in [0.3, 0.4) is 0 Å². The maximum absolute atomic E-state index is 11.5. The van der Waals surface area contributed by atoms with Gasteiger partial charge in [-0.3, -0.25) is 4.99 Å². The lowest BCUT2D eigenvalue weighted by molar-refractivity contribution is 0.599. The molecule has 1 heterocycles. The Bertz CT molecular complexity index is 622. The molecular formula is C16H27IN4O2S. The van der Waals surface area contributed by atoms with Gasteiger partial charge in [-0.15, -0.1) is 24.0 Å². The number of nitrogens with zero attached hydrogens (tertiary/aromatic N) is 2. The van der Waals surface area contributed by atoms with Gasteiger partial charge in [-0.25, -0.2) is 8.42 Å². The normalized spacial score (nSPS) is 19.4. The van der Waals surface area contributed by atoms with E-state index < -0.39 is 9.84 Å². The summed E-state index contributed by atoms with van der Waals surface area (Å²) in [5.41, 5.74) is 1.20. The molecule has 0 aromatic heterocycles. The van der Waals surface area contributed by atoms with E-state index >= 15 is 0 Å². The number of halogens is 1. The van der Waals surface area contributed by atoms with Crippen LogP contribution in [0.1, 0.15) is 12.8 Å². The third-order valence-electron chi connectivity index (χ3n) is 3.96. The smallest absolute Gasteiger partial charge is 0.191 e. The SMILES string of the molecule is CN=C(NCCCN(C)c1ccccc1)NC1CCS(=O)(=O)C1.I. The zero-order valence-corrected chi connectivity index (χ0v) is 17.4. The zero-order valence-electron chi connectivity index (χ0n) is 14.2. The van der Waals surface area contributed by atoms with Gasteiger partial charge in [-0.05, 0) is 25.0 Å². The van der Waals surface area contributed by atoms with E-state index in [0.717, 1.165) is 19.5 Å². The number of hydrogen-bond donors (Lipinski definition) is 2. The number of guanidine groups is 1. The molecule has 1 fully saturated rings. The Balaban J connectivity index is 0.00000288. The van der Waals surface area contributed by atoms with Crippen LogP contribution in [0, 0.1) is 0 Å². The Labute approximate surface area is 162 Å². The van der Waals surface area contributed by atoms with Crippen LogP contribution in [0.2, 0.25) is 0 Å². The van der Waals surface area contributed by atoms with E-state index in [1.54, 1.807) is 7.05 Å². The Morgan fingerprint density at radius 3 is 2.62 bits per heavy atom. The average molecular weight is 466 g/mol. The van der Waals surface area contributed by atoms with Crippen molar-refractivity contribution >= 4 is 45.5 Å². The van der Waals surface area contributed by atoms with E-state index in [1.165, 1.54) is 5.69 Å². The van der Waals surface area contributed by atoms with Gasteiger partial charge < -0.3 is 15.5 Å². The summed E-state index contributed by atoms with van der Waals surface area (Å²) in [6.07, 6.45) is 1.62. The molecule has 1 atom stereocenters. The lowest BCUT2D eigenvalue weighted by atomic mass is 10.2. The first-order valence-electron chi connectivity index (χ1n) is 7.94. The lowest BCUT2D eigenvalue weighted by Crippen LogP contribution is -2.44. The molecule has 136 valence electrons. The van der Waals surface area contributed by atoms with Crippen LogP contribution < -0.4 is 15.5 Å². The van der Waals surface area contributed by atoms with Crippen molar-refractivity contribution in [2.75, 3.05) is 43.6 Å². The first-order chi connectivity index (χ1) is 11.0. The fraction of sp³-hybridized carbons (Fsp3) is 0.562. The molecule has 1 aliphatic heterocycles. The Hall–Kier alpha value is -1.03. The van der Waals surface area contributed by atoms with Crippen molar-refractivity contribution in [1.29, 1.82) is 0 Å². The Morgan fingerprint density at radius 1 is 1.33 bits per heavy atom. The fourth-order valence-electron chi connectivity index (χ4n) is 2.63. The minimum Gasteiger partial charge on any atom is -0.375 e. The van der Waals surface area contributed by atoms with Gasteiger partial charge in [-0.2, -0.15) is 0 Å². The van der Waals surface area contributed by atoms with Crippen LogP contribution >= 0.6 is 24.0 Å². The summed E-state index contributed by atoms with van der Waals surface area (Å²) in [4.78, 5) is 6.37. The van der Waals surface area contributed by atoms with Gasteiger partial charge in [0.05, 0.1) is 11.5 Å². The highest BCUT2D eigenvalue weighted by Crippen LogP contribution is 2.11. The molecule has 0 saturated carbocycles. The van der Waals surface area contributed by atoms with E-state index in [1.807, 2.05) is 18.2 Å². The van der Waals surface area contributed by atoms with Crippen molar-refractivity contribution in [3.63, 3.8) is 0 Å². The number of rotatable bonds is 6. The number of aliphatic imine (C=N–C) groups is 1. The fourth-order valence-corrected chi connectivity index (χ4v) is 4.30. The highest BCUT2D eigenvalue weighted by atomic mass is 127. The van der Waals surface area contributed by atoms with Gasteiger partial charge in [0, 0.05) is 38.9 Å². The number of anilines is 1. The molecule has 2 rings (SSSR count). The number of benzene rings is 1. The first kappa shape index (κ1) is 21.0. The van der Waals surface area contributed by atoms with Gasteiger partial charge >= 0.3 is 0 Å². The standard InChI is InChI=1S/C16H26N4O2S.HI/c1-17-16(19-14-9-12-23(21,22)13-14)18-10-6-11-20(2)15-7-4-3-5-8-15;/h3-5,7-8,14H,6,9-13H2,1-2H3,(H2,17,18,19);1H. The topological polar surface area (TPSA) is 73.8 Å². The van der Waals surface area contributed by atoms with Crippen molar-refractivity contribution in [2.24, 2.45) is 4.99 Å². The number of hydrogen-bond acceptors (Lipinski definition) is 4. The van der Waals surface area contributed by atoms with Crippen molar-refractivity contribution < 1.29 is 8.42 Å². The molecule has 2 N–H and O–H groups in total. The summed E-state index contributed by atoms with van der Waals surface area (Å²) in [6, 6.07) is 10.2. The minimum atomic E-state index is -2.87. The predicted octanol–water partition coefficient (Wildman–Crippen LogP) is 1.48. The molecule has 1 aromatic rings. The largest absolute Gasteiger partial charge is 0.375 e. The molecule has 24 heavy (non-hydrogen) atoms. The summed E-state index contributed by atoms with van der Waals surface area (Å²) < 4.78 is 23.0. The van der Waals surface area contributed by atoms with Gasteiger partial charge in [0.25, 0.3) is 0 Å². The molecule has 0 radical (unpaired) electrons. The molecule has 0 bridgehead atoms. The second kappa shape index (κ2) is 10.1. The summed E-state index contributed by atoms with van der Waals surface area (Å²) >= 11 is 0. The Kier molecular flexibility index (Phi) is 8.82. The molecule has 0 aliphatic carbocycles. The van der Waals surface area contributed by atoms with Crippen LogP contribution in [0.25, 0.3) is 0 Å². The molecule has 6 nitrogen and oxygen atoms in total. The second-order valence-electron chi connectivity index (χ2n) is 5.85. The van der Waals surface area contributed by atoms with Crippen molar-refractivity contribution in [3.05, 3.63) is 30.3 Å². The highest BCUT2D eigenvalue weighted by molar-refractivity contribution is 14.0. The molecule has 0 spiro atoms. The average Bonchev–Trinajstić information content (AvgIpc) is 2.89. The predicted molar refractivity (Wildman–Crippen MR) is 111 cm³/mol. The molecule has 1 unspecified atom stereocenters. The van der Waals surface area contributed by atoms with Crippen LogP contribution in [-0.2, 0) is 9.84 Å². The molecule has 1 aromatic carbocycles. The van der Waals surface area contributed by atoms with Gasteiger partial charge in [0.1, 0.15) is 0 Å². The number of para-hydroxylation sites is 1. The van der Waals surface area contributed by atoms with Crippen molar-refractivity contribution in [2.45, 2.75) is 18.9 Å². The second-order valence-corrected chi connectivity index (χ2v) is 8.08. The Morgan fingerprint density at radius 2 is 2.04 bits per heavy atom. The van der Waals surface area contributed by atoms with Gasteiger partial charge in [0.15, 0.2) is 15.8 Å². The van der Waals surface area contributed by atoms with E-state index in [9.17, 15) is 8.42 Å². The van der Waals surface area contributed by atoms with Gasteiger partial charge in [-0.1, -0.05) is 18.2 Å². The van der Waals surface area contributed by atoms with Gasteiger partial charge in [0.2, 0.25) is 0 Å². The summed E-state index contributed by atoms with van der Waals surface area (Å²) in [6.45, 7) is 1.72.